The Hall–Kier alpha value is -4.82. The van der Waals surface area contributed by atoms with Gasteiger partial charge in [0, 0.05) is 151 Å². The van der Waals surface area contributed by atoms with Gasteiger partial charge in [-0.05, 0) is 258 Å². The van der Waals surface area contributed by atoms with Gasteiger partial charge in [-0.15, -0.1) is 23.5 Å². The largest absolute Gasteiger partial charge is 0.497 e. The van der Waals surface area contributed by atoms with Crippen LogP contribution in [0, 0.1) is 23.3 Å². The zero-order valence-electron chi connectivity index (χ0n) is 75.8. The van der Waals surface area contributed by atoms with Crippen molar-refractivity contribution in [3.05, 3.63) is 256 Å². The van der Waals surface area contributed by atoms with E-state index in [-0.39, 0.29) is 59.7 Å². The number of hydrogen-bond donors (Lipinski definition) is 4. The van der Waals surface area contributed by atoms with Crippen LogP contribution in [-0.4, -0.2) is 150 Å². The SMILES string of the molecule is CC(C)(C)S(N)=O.COc1ccc(CS)cc1.COc1ccc(CSC2(CC(=NS(=O)C(C)(C)C)c3cc(Br)ccc3F)CCOCC2)cc1.COc1ccc(CSC2(CC(=O)c3cc(Br)ccc3F)CCOCC2)cc1.COc1ccc(CSC2(CC(C)(NS(=O)C(C)(C)C)c3cc(Br)ccc3F)CCOCC2)cc1.O=C(CC1(O)CCOCC1)c1cc(Br)ccc1F. The van der Waals surface area contributed by atoms with Crippen molar-refractivity contribution < 1.29 is 82.8 Å². The first kappa shape index (κ1) is 111. The number of nitrogens with zero attached hydrogens (tertiary/aromatic N) is 1. The van der Waals surface area contributed by atoms with E-state index >= 15 is 4.39 Å². The fourth-order valence-electron chi connectivity index (χ4n) is 13.6. The maximum atomic E-state index is 15.2. The molecule has 0 bridgehead atoms. The fraction of sp³-hybridized carbons (Fsp3) is 0.474. The van der Waals surface area contributed by atoms with E-state index in [4.69, 9.17) is 43.0 Å². The van der Waals surface area contributed by atoms with E-state index < -0.39 is 65.2 Å². The van der Waals surface area contributed by atoms with Crippen LogP contribution in [0.1, 0.15) is 200 Å². The lowest BCUT2D eigenvalue weighted by Gasteiger charge is -2.45. The fourth-order valence-corrected chi connectivity index (χ4v) is 21.0. The third-order valence-electron chi connectivity index (χ3n) is 21.6. The number of carbonyl (C=O) groups excluding carboxylic acids is 2. The number of rotatable bonds is 29. The van der Waals surface area contributed by atoms with Crippen LogP contribution in [0.15, 0.2) is 192 Å². The number of thioether (sulfide) groups is 3. The van der Waals surface area contributed by atoms with Gasteiger partial charge in [-0.2, -0.15) is 28.8 Å². The maximum absolute atomic E-state index is 15.2. The summed E-state index contributed by atoms with van der Waals surface area (Å²) in [6, 6.07) is 50.5. The quantitative estimate of drug-likeness (QED) is 0.0148. The second-order valence-corrected chi connectivity index (χ2v) is 48.8. The summed E-state index contributed by atoms with van der Waals surface area (Å²) < 4.78 is 146. The second kappa shape index (κ2) is 53.0. The van der Waals surface area contributed by atoms with Crippen molar-refractivity contribution >= 4 is 162 Å². The van der Waals surface area contributed by atoms with Gasteiger partial charge >= 0.3 is 0 Å². The van der Waals surface area contributed by atoms with E-state index in [1.807, 2.05) is 172 Å². The third-order valence-corrected chi connectivity index (χ3v) is 33.3. The van der Waals surface area contributed by atoms with Crippen LogP contribution in [0.5, 0.6) is 23.0 Å². The van der Waals surface area contributed by atoms with Crippen LogP contribution in [0.4, 0.5) is 17.6 Å². The highest BCUT2D eigenvalue weighted by molar-refractivity contribution is 9.11. The molecule has 4 saturated heterocycles. The molecule has 0 amide bonds. The van der Waals surface area contributed by atoms with Gasteiger partial charge in [0.05, 0.1) is 92.6 Å². The molecule has 4 unspecified atom stereocenters. The lowest BCUT2D eigenvalue weighted by Crippen LogP contribution is -2.51. The predicted octanol–water partition coefficient (Wildman–Crippen LogP) is 24.3. The Morgan fingerprint density at radius 2 is 0.752 bits per heavy atom. The number of hydrogen-bond acceptors (Lipinski definition) is 18. The lowest BCUT2D eigenvalue weighted by molar-refractivity contribution is -0.0625. The number of methoxy groups -OCH3 is 4. The molecule has 32 heteroatoms. The number of nitrogens with two attached hydrogens (primary N) is 1. The van der Waals surface area contributed by atoms with Crippen LogP contribution in [-0.2, 0) is 80.5 Å². The molecule has 4 aliphatic heterocycles. The van der Waals surface area contributed by atoms with E-state index in [0.717, 1.165) is 93.5 Å². The Labute approximate surface area is 820 Å². The molecule has 0 aliphatic carbocycles. The molecular formula is C97H123Br4F4N3O14S7. The molecule has 708 valence electrons. The molecule has 129 heavy (non-hydrogen) atoms. The van der Waals surface area contributed by atoms with Crippen LogP contribution in [0.2, 0.25) is 0 Å². The summed E-state index contributed by atoms with van der Waals surface area (Å²) in [7, 11) is 2.57. The molecule has 4 fully saturated rings. The van der Waals surface area contributed by atoms with Crippen molar-refractivity contribution in [2.24, 2.45) is 9.54 Å². The molecule has 8 aromatic rings. The number of halogens is 8. The highest BCUT2D eigenvalue weighted by Gasteiger charge is 2.45. The second-order valence-electron chi connectivity index (χ2n) is 34.8. The van der Waals surface area contributed by atoms with E-state index in [1.165, 1.54) is 58.7 Å². The summed E-state index contributed by atoms with van der Waals surface area (Å²) in [5, 5.41) is 15.3. The number of aliphatic hydroxyl groups is 1. The van der Waals surface area contributed by atoms with E-state index in [1.54, 1.807) is 70.5 Å². The minimum Gasteiger partial charge on any atom is -0.497 e. The molecular weight excluding hydrogens is 2050 g/mol. The molecule has 0 aromatic heterocycles. The smallest absolute Gasteiger partial charge is 0.168 e. The normalized spacial score (nSPS) is 17.0. The highest BCUT2D eigenvalue weighted by Crippen LogP contribution is 2.49. The van der Waals surface area contributed by atoms with Gasteiger partial charge < -0.3 is 43.0 Å². The average Bonchev–Trinajstić information content (AvgIpc) is 0.766. The average molecular weight is 2180 g/mol. The number of Topliss-reactive ketones (excluding diaryl/α,β-unsaturated/α-hetero) is 2. The molecule has 12 rings (SSSR count). The minimum absolute atomic E-state index is 0.0179. The molecule has 0 saturated carbocycles. The summed E-state index contributed by atoms with van der Waals surface area (Å²) in [5.41, 5.74) is 4.52. The first-order chi connectivity index (χ1) is 60.9. The number of thiol groups is 1. The van der Waals surface area contributed by atoms with Crippen molar-refractivity contribution in [3.63, 3.8) is 0 Å². The summed E-state index contributed by atoms with van der Waals surface area (Å²) in [5.74, 6) is 4.37. The highest BCUT2D eigenvalue weighted by atomic mass is 79.9. The first-order valence-corrected chi connectivity index (χ1v) is 52.4. The topological polar surface area (TPSA) is 230 Å². The van der Waals surface area contributed by atoms with Crippen molar-refractivity contribution in [2.45, 2.75) is 209 Å². The van der Waals surface area contributed by atoms with E-state index in [2.05, 4.69) is 110 Å². The summed E-state index contributed by atoms with van der Waals surface area (Å²) in [6.07, 6.45) is 7.13. The zero-order valence-corrected chi connectivity index (χ0v) is 88.0. The van der Waals surface area contributed by atoms with Crippen molar-refractivity contribution in [2.75, 3.05) is 81.3 Å². The van der Waals surface area contributed by atoms with Gasteiger partial charge in [0.2, 0.25) is 0 Å². The first-order valence-electron chi connectivity index (χ1n) is 42.2. The molecule has 8 aromatic carbocycles. The number of benzene rings is 8. The summed E-state index contributed by atoms with van der Waals surface area (Å²) >= 11 is 23.1. The zero-order chi connectivity index (χ0) is 95.0. The summed E-state index contributed by atoms with van der Waals surface area (Å²) in [6.45, 7) is 23.6. The minimum atomic E-state index is -1.50. The van der Waals surface area contributed by atoms with Crippen LogP contribution >= 0.6 is 112 Å². The van der Waals surface area contributed by atoms with Crippen molar-refractivity contribution in [3.8, 4) is 23.0 Å². The van der Waals surface area contributed by atoms with E-state index in [0.29, 0.717) is 111 Å². The van der Waals surface area contributed by atoms with Crippen LogP contribution < -0.4 is 28.8 Å². The molecule has 4 atom stereocenters. The number of ketones is 2. The van der Waals surface area contributed by atoms with Gasteiger partial charge in [-0.1, -0.05) is 112 Å². The van der Waals surface area contributed by atoms with Gasteiger partial charge in [-0.25, -0.2) is 34.9 Å². The number of nitrogens with one attached hydrogen (secondary N) is 1. The van der Waals surface area contributed by atoms with Gasteiger partial charge in [-0.3, -0.25) is 14.7 Å². The van der Waals surface area contributed by atoms with Crippen molar-refractivity contribution in [1.29, 1.82) is 0 Å². The van der Waals surface area contributed by atoms with Crippen LogP contribution in [0.25, 0.3) is 0 Å². The standard InChI is InChI=1S/C26H35BrFNO3S2.C25H31BrFNO3S2.C21H22BrFO3S.C13H14BrFO3.C8H10OS.C4H11NOS/c1-24(2,3)34(30)29-25(4,22-16-20(27)8-11-23(22)28)18-26(12-14-32-15-13-26)33-17-19-6-9-21(31-5)10-7-19;1-24(2,3)33(29)28-23(21-15-19(26)7-10-22(21)27)16-25(11-13-31-14-12-25)32-17-18-5-8-20(30-4)9-6-18;1-25-17-5-2-15(3-6-17)14-27-21(8-10-26-11-9-21)13-20(24)18-12-16(22)4-7-19(18)23;14-9-1-2-11(15)10(7-9)12(16)8-13(17)3-5-18-6-4-13;1-9-8-4-2-7(6-10)3-5-8;1-4(2,3)7(5)6/h6-11,16,29H,12-15,17-18H2,1-5H3;5-10,15H,11-14,16-17H2,1-4H3;2-7,12H,8-11,13-14H2,1H3;1-2,7,17H,3-6,8H2;2-5,10H,6H2,1H3;5H2,1-3H3. The van der Waals surface area contributed by atoms with Crippen LogP contribution in [0.3, 0.4) is 0 Å². The van der Waals surface area contributed by atoms with Gasteiger partial charge in [0.15, 0.2) is 11.6 Å². The van der Waals surface area contributed by atoms with E-state index in [9.17, 15) is 40.5 Å². The Balaban J connectivity index is 0.000000225. The monoisotopic (exact) mass is 2170 g/mol. The van der Waals surface area contributed by atoms with Gasteiger partial charge in [0.1, 0.15) is 57.3 Å². The lowest BCUT2D eigenvalue weighted by atomic mass is 9.80. The molecule has 4 heterocycles. The number of ether oxygens (including phenoxy) is 8. The predicted molar refractivity (Wildman–Crippen MR) is 540 cm³/mol. The van der Waals surface area contributed by atoms with Gasteiger partial charge in [0.25, 0.3) is 0 Å². The Kier molecular flexibility index (Phi) is 45.7. The summed E-state index contributed by atoms with van der Waals surface area (Å²) in [4.78, 5) is 24.9. The maximum Gasteiger partial charge on any atom is 0.168 e. The molecule has 4 N–H and O–H groups in total. The Morgan fingerprint density at radius 1 is 0.442 bits per heavy atom. The molecule has 17 nitrogen and oxygen atoms in total. The van der Waals surface area contributed by atoms with Crippen molar-refractivity contribution in [1.82, 2.24) is 4.72 Å². The molecule has 0 spiro atoms. The molecule has 0 radical (unpaired) electrons. The number of carbonyl (C=O) groups is 2. The molecule has 4 aliphatic rings. The Bertz CT molecular complexity index is 4950. The third kappa shape index (κ3) is 37.0. The Morgan fingerprint density at radius 3 is 1.10 bits per heavy atom.